The van der Waals surface area contributed by atoms with Gasteiger partial charge in [0.2, 0.25) is 0 Å². The summed E-state index contributed by atoms with van der Waals surface area (Å²) < 4.78 is 5.71. The van der Waals surface area contributed by atoms with Gasteiger partial charge in [0.1, 0.15) is 5.60 Å². The number of carbonyl (C=O) groups is 2. The zero-order valence-electron chi connectivity index (χ0n) is 14.4. The second-order valence-corrected chi connectivity index (χ2v) is 7.05. The maximum absolute atomic E-state index is 12.7. The van der Waals surface area contributed by atoms with Crippen LogP contribution in [0.2, 0.25) is 0 Å². The van der Waals surface area contributed by atoms with Gasteiger partial charge < -0.3 is 14.7 Å². The molecule has 6 nitrogen and oxygen atoms in total. The number of hydrogen-bond donors (Lipinski definition) is 3. The minimum atomic E-state index is -0.617. The van der Waals surface area contributed by atoms with E-state index in [1.165, 1.54) is 0 Å². The number of carbonyl (C=O) groups excluding carboxylic acids is 2. The largest absolute Gasteiger partial charge is 0.444 e. The van der Waals surface area contributed by atoms with Crippen molar-refractivity contribution in [1.82, 2.24) is 9.97 Å². The topological polar surface area (TPSA) is 87.0 Å². The summed E-state index contributed by atoms with van der Waals surface area (Å²) in [5.74, 6) is -0.0428. The number of hydrogen-bond acceptors (Lipinski definition) is 4. The van der Waals surface area contributed by atoms with Gasteiger partial charge in [0.25, 0.3) is 0 Å². The van der Waals surface area contributed by atoms with Gasteiger partial charge in [-0.2, -0.15) is 0 Å². The molecule has 7 heteroatoms. The fourth-order valence-electron chi connectivity index (χ4n) is 2.37. The predicted octanol–water partition coefficient (Wildman–Crippen LogP) is 4.95. The Labute approximate surface area is 146 Å². The zero-order valence-corrected chi connectivity index (χ0v) is 15.2. The average molecular weight is 349 g/mol. The van der Waals surface area contributed by atoms with Gasteiger partial charge in [-0.3, -0.25) is 10.1 Å². The standard InChI is InChI=1S/C17H23N3O3S/c1-5-6-7-12(21)13-10(19-16(22)23-17(2,3)4)8-9-11-14(13)20-15(24)18-11/h8-9H,5-7H2,1-4H3,(H,19,22)(H2,18,20,24). The number of ether oxygens (including phenoxy) is 1. The molecular weight excluding hydrogens is 326 g/mol. The van der Waals surface area contributed by atoms with E-state index in [-0.39, 0.29) is 5.78 Å². The summed E-state index contributed by atoms with van der Waals surface area (Å²) in [5, 5.41) is 2.68. The third kappa shape index (κ3) is 4.44. The van der Waals surface area contributed by atoms with Gasteiger partial charge >= 0.3 is 6.09 Å². The van der Waals surface area contributed by atoms with E-state index in [1.807, 2.05) is 6.92 Å². The van der Waals surface area contributed by atoms with E-state index in [4.69, 9.17) is 17.0 Å². The molecule has 0 spiro atoms. The summed E-state index contributed by atoms with van der Waals surface area (Å²) in [5.41, 5.74) is 1.57. The summed E-state index contributed by atoms with van der Waals surface area (Å²) in [6, 6.07) is 3.45. The van der Waals surface area contributed by atoms with E-state index < -0.39 is 11.7 Å². The third-order valence-corrected chi connectivity index (χ3v) is 3.57. The fraction of sp³-hybridized carbons (Fsp3) is 0.471. The molecule has 0 saturated heterocycles. The molecule has 0 bridgehead atoms. The first-order valence-corrected chi connectivity index (χ1v) is 8.40. The van der Waals surface area contributed by atoms with Crippen molar-refractivity contribution in [1.29, 1.82) is 0 Å². The van der Waals surface area contributed by atoms with Crippen LogP contribution in [0.15, 0.2) is 12.1 Å². The predicted molar refractivity (Wildman–Crippen MR) is 97.2 cm³/mol. The molecule has 130 valence electrons. The molecule has 3 N–H and O–H groups in total. The smallest absolute Gasteiger partial charge is 0.412 e. The third-order valence-electron chi connectivity index (χ3n) is 3.36. The van der Waals surface area contributed by atoms with Gasteiger partial charge in [0, 0.05) is 6.42 Å². The Hall–Kier alpha value is -2.15. The number of nitrogens with one attached hydrogen (secondary N) is 3. The highest BCUT2D eigenvalue weighted by molar-refractivity contribution is 7.71. The van der Waals surface area contributed by atoms with Crippen LogP contribution in [0.5, 0.6) is 0 Å². The zero-order chi connectivity index (χ0) is 17.9. The molecule has 2 rings (SSSR count). The molecule has 0 atom stereocenters. The van der Waals surface area contributed by atoms with Crippen LogP contribution >= 0.6 is 12.2 Å². The van der Waals surface area contributed by atoms with Crippen molar-refractivity contribution in [2.24, 2.45) is 0 Å². The van der Waals surface area contributed by atoms with Crippen molar-refractivity contribution >= 4 is 40.8 Å². The number of H-pyrrole nitrogens is 2. The van der Waals surface area contributed by atoms with Crippen LogP contribution in [0.4, 0.5) is 10.5 Å². The van der Waals surface area contributed by atoms with Crippen molar-refractivity contribution in [3.05, 3.63) is 22.5 Å². The van der Waals surface area contributed by atoms with Crippen molar-refractivity contribution in [2.45, 2.75) is 52.6 Å². The van der Waals surface area contributed by atoms with Crippen molar-refractivity contribution in [2.75, 3.05) is 5.32 Å². The Kier molecular flexibility index (Phi) is 5.43. The summed E-state index contributed by atoms with van der Waals surface area (Å²) in [6.45, 7) is 7.38. The molecule has 0 saturated carbocycles. The lowest BCUT2D eigenvalue weighted by atomic mass is 10.0. The average Bonchev–Trinajstić information content (AvgIpc) is 2.82. The summed E-state index contributed by atoms with van der Waals surface area (Å²) in [4.78, 5) is 30.7. The highest BCUT2D eigenvalue weighted by Gasteiger charge is 2.21. The second kappa shape index (κ2) is 7.17. The lowest BCUT2D eigenvalue weighted by molar-refractivity contribution is 0.0636. The number of aromatic nitrogens is 2. The Morgan fingerprint density at radius 2 is 1.96 bits per heavy atom. The van der Waals surface area contributed by atoms with Crippen LogP contribution in [0.1, 0.15) is 57.3 Å². The van der Waals surface area contributed by atoms with Gasteiger partial charge in [-0.05, 0) is 51.5 Å². The number of rotatable bonds is 5. The minimum Gasteiger partial charge on any atom is -0.444 e. The molecule has 1 aromatic heterocycles. The monoisotopic (exact) mass is 349 g/mol. The van der Waals surface area contributed by atoms with Crippen LogP contribution in [-0.2, 0) is 4.74 Å². The van der Waals surface area contributed by atoms with Crippen LogP contribution in [-0.4, -0.2) is 27.4 Å². The van der Waals surface area contributed by atoms with E-state index in [9.17, 15) is 9.59 Å². The molecule has 0 aliphatic carbocycles. The molecule has 0 radical (unpaired) electrons. The quantitative estimate of drug-likeness (QED) is 0.527. The van der Waals surface area contributed by atoms with E-state index in [0.717, 1.165) is 18.4 Å². The van der Waals surface area contributed by atoms with Gasteiger partial charge in [-0.1, -0.05) is 13.3 Å². The minimum absolute atomic E-state index is 0.0428. The first kappa shape index (κ1) is 18.2. The van der Waals surface area contributed by atoms with Crippen LogP contribution in [0.25, 0.3) is 11.0 Å². The Morgan fingerprint density at radius 3 is 2.58 bits per heavy atom. The lowest BCUT2D eigenvalue weighted by Crippen LogP contribution is -2.27. The highest BCUT2D eigenvalue weighted by atomic mass is 32.1. The van der Waals surface area contributed by atoms with Crippen LogP contribution in [0, 0.1) is 4.77 Å². The number of anilines is 1. The Balaban J connectivity index is 2.43. The van der Waals surface area contributed by atoms with Gasteiger partial charge in [0.05, 0.1) is 22.3 Å². The normalized spacial score (nSPS) is 11.5. The van der Waals surface area contributed by atoms with E-state index >= 15 is 0 Å². The van der Waals surface area contributed by atoms with Crippen molar-refractivity contribution in [3.8, 4) is 0 Å². The maximum atomic E-state index is 12.7. The maximum Gasteiger partial charge on any atom is 0.412 e. The Bertz CT molecular complexity index is 815. The molecule has 0 aliphatic heterocycles. The molecule has 0 unspecified atom stereocenters. The number of aromatic amines is 2. The van der Waals surface area contributed by atoms with E-state index in [2.05, 4.69) is 15.3 Å². The first-order valence-electron chi connectivity index (χ1n) is 7.99. The van der Waals surface area contributed by atoms with E-state index in [0.29, 0.717) is 28.0 Å². The number of benzene rings is 1. The molecule has 0 aliphatic rings. The second-order valence-electron chi connectivity index (χ2n) is 6.64. The lowest BCUT2D eigenvalue weighted by Gasteiger charge is -2.20. The summed E-state index contributed by atoms with van der Waals surface area (Å²) >= 11 is 5.11. The van der Waals surface area contributed by atoms with Gasteiger partial charge in [0.15, 0.2) is 10.6 Å². The van der Waals surface area contributed by atoms with Crippen molar-refractivity contribution in [3.63, 3.8) is 0 Å². The number of fused-ring (bicyclic) bond motifs is 1. The fourth-order valence-corrected chi connectivity index (χ4v) is 2.59. The number of Topliss-reactive ketones (excluding diaryl/α,β-unsaturated/α-hetero) is 1. The number of ketones is 1. The van der Waals surface area contributed by atoms with Crippen LogP contribution in [0.3, 0.4) is 0 Å². The Morgan fingerprint density at radius 1 is 1.25 bits per heavy atom. The van der Waals surface area contributed by atoms with Gasteiger partial charge in [-0.25, -0.2) is 4.79 Å². The molecule has 1 aromatic carbocycles. The SMILES string of the molecule is CCCCC(=O)c1c(NC(=O)OC(C)(C)C)ccc2[nH]c(=S)[nH]c12. The molecule has 0 fully saturated rings. The summed E-state index contributed by atoms with van der Waals surface area (Å²) in [7, 11) is 0. The summed E-state index contributed by atoms with van der Waals surface area (Å²) in [6.07, 6.45) is 1.51. The molecule has 1 heterocycles. The van der Waals surface area contributed by atoms with Crippen molar-refractivity contribution < 1.29 is 14.3 Å². The number of amides is 1. The number of unbranched alkanes of at least 4 members (excludes halogenated alkanes) is 1. The van der Waals surface area contributed by atoms with Crippen LogP contribution < -0.4 is 5.32 Å². The molecule has 1 amide bonds. The highest BCUT2D eigenvalue weighted by Crippen LogP contribution is 2.27. The first-order chi connectivity index (χ1) is 11.2. The molecule has 2 aromatic rings. The van der Waals surface area contributed by atoms with E-state index in [1.54, 1.807) is 32.9 Å². The number of imidazole rings is 1. The molecule has 24 heavy (non-hydrogen) atoms. The van der Waals surface area contributed by atoms with Gasteiger partial charge in [-0.15, -0.1) is 0 Å². The molecular formula is C17H23N3O3S.